The number of phosphoric acid groups is 1. The van der Waals surface area contributed by atoms with Crippen LogP contribution >= 0.6 is 7.82 Å². The van der Waals surface area contributed by atoms with E-state index in [1.165, 1.54) is 108 Å². The third kappa shape index (κ3) is 27.8. The summed E-state index contributed by atoms with van der Waals surface area (Å²) in [6.45, 7) is 6.34. The molecule has 0 radical (unpaired) electrons. The number of esters is 2. The van der Waals surface area contributed by atoms with Crippen LogP contribution in [0.15, 0.2) is 16.8 Å². The van der Waals surface area contributed by atoms with E-state index in [1.807, 2.05) is 0 Å². The second-order valence-corrected chi connectivity index (χ2v) is 34.2. The van der Waals surface area contributed by atoms with Crippen LogP contribution in [0.2, 0.25) is 0 Å². The lowest BCUT2D eigenvalue weighted by Crippen LogP contribution is -2.70. The Labute approximate surface area is 664 Å². The largest absolute Gasteiger partial charge is 0.472 e. The Bertz CT molecular complexity index is 3250. The van der Waals surface area contributed by atoms with Crippen molar-refractivity contribution >= 4 is 54.2 Å². The van der Waals surface area contributed by atoms with Gasteiger partial charge in [0.15, 0.2) is 35.8 Å². The van der Waals surface area contributed by atoms with Gasteiger partial charge in [-0.2, -0.15) is 0 Å². The highest BCUT2D eigenvalue weighted by molar-refractivity contribution is 7.47. The van der Waals surface area contributed by atoms with Gasteiger partial charge in [-0.15, -0.1) is 0 Å². The van der Waals surface area contributed by atoms with Gasteiger partial charge in [-0.3, -0.25) is 33.5 Å². The third-order valence-electron chi connectivity index (χ3n) is 22.5. The number of benzene rings is 1. The highest BCUT2D eigenvalue weighted by Gasteiger charge is 2.69. The number of hydrogen-bond acceptors (Lipinski definition) is 29. The summed E-state index contributed by atoms with van der Waals surface area (Å²) in [6, 6.07) is 0.739. The molecule has 18 atom stereocenters. The number of alkyl carbamates (subject to hydrolysis) is 1. The normalized spacial score (nSPS) is 28.8. The summed E-state index contributed by atoms with van der Waals surface area (Å²) in [5.41, 5.74) is -1.39. The number of anilines is 1. The van der Waals surface area contributed by atoms with E-state index in [4.69, 9.17) is 65.8 Å². The molecule has 33 nitrogen and oxygen atoms in total. The number of phosphoric ester groups is 1. The highest BCUT2D eigenvalue weighted by atomic mass is 31.2. The van der Waals surface area contributed by atoms with Crippen molar-refractivity contribution in [3.05, 3.63) is 22.2 Å². The van der Waals surface area contributed by atoms with Crippen LogP contribution in [0.4, 0.5) is 16.2 Å². The number of nitro groups is 1. The van der Waals surface area contributed by atoms with Gasteiger partial charge in [0, 0.05) is 64.1 Å². The number of fused-ring (bicyclic) bond motifs is 4. The molecule has 1 unspecified atom stereocenters. The van der Waals surface area contributed by atoms with Crippen molar-refractivity contribution in [3.63, 3.8) is 0 Å². The Kier molecular flexibility index (Phi) is 37.3. The molecule has 1 aromatic carbocycles. The first-order valence-corrected chi connectivity index (χ1v) is 43.9. The molecular formula is C79H131N6O27P. The number of nitrogens with zero attached hydrogens (tertiary/aromatic N) is 3. The van der Waals surface area contributed by atoms with Crippen molar-refractivity contribution in [1.29, 1.82) is 0 Å². The predicted octanol–water partition coefficient (Wildman–Crippen LogP) is 11.4. The number of ether oxygens (including phenoxy) is 11. The number of nitrogens with one attached hydrogen (secondary N) is 3. The maximum absolute atomic E-state index is 15.2. The van der Waals surface area contributed by atoms with Crippen molar-refractivity contribution < 1.29 is 125 Å². The number of aliphatic hydroxyl groups is 5. The summed E-state index contributed by atoms with van der Waals surface area (Å²) in [4.78, 5) is 78.9. The Morgan fingerprint density at radius 1 is 0.602 bits per heavy atom. The highest BCUT2D eigenvalue weighted by Crippen LogP contribution is 2.56. The zero-order chi connectivity index (χ0) is 81.0. The predicted molar refractivity (Wildman–Crippen MR) is 409 cm³/mol. The number of unbranched alkanes of at least 4 members (excludes halogenated alkanes) is 24. The van der Waals surface area contributed by atoms with Crippen molar-refractivity contribution in [2.45, 2.75) is 406 Å². The van der Waals surface area contributed by atoms with Gasteiger partial charge in [-0.05, 0) is 75.7 Å². The number of amides is 2. The number of rotatable bonds is 49. The molecule has 4 saturated heterocycles. The van der Waals surface area contributed by atoms with Crippen LogP contribution in [0, 0.1) is 10.1 Å². The first-order valence-electron chi connectivity index (χ1n) is 42.4. The standard InChI is InChI=1S/C79H131N6O27P/c1-6-8-10-12-14-16-18-20-22-24-26-28-32-38-58(88)99-50-52(101-59(89)39-33-29-27-25-23-21-19-17-15-13-11-9-7-2)51-100-113(97,98)111-73-68(69-70(107-78(106-69)43-34-30-35-44-78)71-72(73)109-79(108-71)45-36-31-37-46-79)105-74-62(82-76(94)110-77(3,4)5)64(91)67(104-75-66(93)65(92)63(90)56(49-86)103-75)55(102-74)48-81-57(87)42-47-80-53-40-41-54(85(95)96)61-60(53)83-112-84-61/h40-41,52,55-56,62-75,80,86,90-93H,6-39,42-51H2,1-5H3,(H,81,87)(H,82,94)(H,97,98)/t52-,55-,56-,62-,63-,64-,65+,66+,67-,68-,69-,70+,71-,72-,73+,74-,75-/m1/s1. The molecule has 3 aliphatic carbocycles. The van der Waals surface area contributed by atoms with E-state index in [9.17, 15) is 59.7 Å². The number of nitro benzene ring substituents is 1. The lowest BCUT2D eigenvalue weighted by atomic mass is 9.84. The zero-order valence-electron chi connectivity index (χ0n) is 67.1. The molecular weight excluding hydrogens is 1500 g/mol. The maximum Gasteiger partial charge on any atom is 0.472 e. The van der Waals surface area contributed by atoms with Gasteiger partial charge in [-0.25, -0.2) is 14.0 Å². The Morgan fingerprint density at radius 2 is 1.10 bits per heavy atom. The number of carbonyl (C=O) groups excluding carboxylic acids is 4. The van der Waals surface area contributed by atoms with E-state index in [2.05, 4.69) is 40.1 Å². The van der Waals surface area contributed by atoms with Gasteiger partial charge in [-0.1, -0.05) is 181 Å². The summed E-state index contributed by atoms with van der Waals surface area (Å²) in [7, 11) is -5.50. The summed E-state index contributed by atoms with van der Waals surface area (Å²) in [5.74, 6) is -4.34. The van der Waals surface area contributed by atoms with Gasteiger partial charge in [0.1, 0.15) is 97.6 Å². The smallest absolute Gasteiger partial charge is 0.462 e. The van der Waals surface area contributed by atoms with Gasteiger partial charge >= 0.3 is 31.5 Å². The number of hydrogen-bond donors (Lipinski definition) is 9. The van der Waals surface area contributed by atoms with Crippen LogP contribution in [0.3, 0.4) is 0 Å². The number of aliphatic hydroxyl groups excluding tert-OH is 5. The van der Waals surface area contributed by atoms with Gasteiger partial charge < -0.3 is 98.5 Å². The summed E-state index contributed by atoms with van der Waals surface area (Å²) in [5, 5.41) is 84.0. The number of aromatic nitrogens is 2. The number of non-ortho nitro benzene ring substituents is 1. The second kappa shape index (κ2) is 45.9. The van der Waals surface area contributed by atoms with E-state index in [1.54, 1.807) is 20.8 Å². The second-order valence-electron chi connectivity index (χ2n) is 32.8. The van der Waals surface area contributed by atoms with E-state index in [-0.39, 0.29) is 48.2 Å². The van der Waals surface area contributed by atoms with Crippen LogP contribution in [0.5, 0.6) is 0 Å². The first kappa shape index (κ1) is 92.0. The van der Waals surface area contributed by atoms with Crippen LogP contribution < -0.4 is 16.0 Å². The van der Waals surface area contributed by atoms with Crippen molar-refractivity contribution in [3.8, 4) is 0 Å². The van der Waals surface area contributed by atoms with Crippen LogP contribution in [-0.2, 0) is 80.1 Å². The topological polar surface area (TPSA) is 445 Å². The molecule has 2 aromatic rings. The summed E-state index contributed by atoms with van der Waals surface area (Å²) in [6.07, 6.45) is 7.38. The molecule has 9 N–H and O–H groups in total. The van der Waals surface area contributed by atoms with Crippen LogP contribution in [0.1, 0.15) is 285 Å². The van der Waals surface area contributed by atoms with Gasteiger partial charge in [0.05, 0.1) is 23.8 Å². The molecule has 1 aromatic heterocycles. The lowest BCUT2D eigenvalue weighted by molar-refractivity contribution is -0.383. The van der Waals surface area contributed by atoms with Crippen molar-refractivity contribution in [1.82, 2.24) is 20.9 Å². The molecule has 3 saturated carbocycles. The van der Waals surface area contributed by atoms with Crippen LogP contribution in [-0.4, -0.2) is 224 Å². The van der Waals surface area contributed by atoms with Crippen molar-refractivity contribution in [2.24, 2.45) is 0 Å². The fourth-order valence-electron chi connectivity index (χ4n) is 16.4. The summed E-state index contributed by atoms with van der Waals surface area (Å²) >= 11 is 0. The monoisotopic (exact) mass is 1630 g/mol. The van der Waals surface area contributed by atoms with Crippen molar-refractivity contribution in [2.75, 3.05) is 38.2 Å². The quantitative estimate of drug-likeness (QED) is 0.00742. The van der Waals surface area contributed by atoms with Crippen LogP contribution in [0.25, 0.3) is 11.0 Å². The molecule has 0 bridgehead atoms. The molecule has 2 amide bonds. The fourth-order valence-corrected chi connectivity index (χ4v) is 17.4. The molecule has 113 heavy (non-hydrogen) atoms. The maximum atomic E-state index is 15.2. The average molecular weight is 1630 g/mol. The molecule has 7 aliphatic rings. The molecule has 9 rings (SSSR count). The number of carbonyl (C=O) groups is 4. The van der Waals surface area contributed by atoms with Gasteiger partial charge in [0.25, 0.3) is 0 Å². The molecule has 644 valence electrons. The van der Waals surface area contributed by atoms with E-state index in [0.717, 1.165) is 70.6 Å². The zero-order valence-corrected chi connectivity index (χ0v) is 68.0. The Hall–Kier alpha value is -4.91. The summed E-state index contributed by atoms with van der Waals surface area (Å²) < 4.78 is 104. The molecule has 5 heterocycles. The minimum Gasteiger partial charge on any atom is -0.462 e. The van der Waals surface area contributed by atoms with E-state index < -0.39 is 184 Å². The molecule has 4 aliphatic heterocycles. The minimum atomic E-state index is -5.50. The first-order chi connectivity index (χ1) is 54.3. The van der Waals surface area contributed by atoms with E-state index >= 15 is 4.57 Å². The molecule has 7 fully saturated rings. The Balaban J connectivity index is 0.968. The van der Waals surface area contributed by atoms with Gasteiger partial charge in [0.2, 0.25) is 11.4 Å². The van der Waals surface area contributed by atoms with E-state index in [0.29, 0.717) is 64.2 Å². The lowest BCUT2D eigenvalue weighted by Gasteiger charge is -2.49. The average Bonchev–Trinajstić information content (AvgIpc) is 1.56. The minimum absolute atomic E-state index is 0.0232. The molecule has 34 heteroatoms. The Morgan fingerprint density at radius 3 is 1.63 bits per heavy atom. The fraction of sp³-hybridized carbons (Fsp3) is 0.873. The third-order valence-corrected chi connectivity index (χ3v) is 23.5. The molecule has 2 spiro atoms. The SMILES string of the molecule is CCCCCCCCCCCCCCCC(=O)OC[C@H](COP(=O)(O)O[C@H]1[C@H](O[C@H]2O[C@H](CNC(=O)CCNc3ccc([N+](=O)[O-])c4nonc34)[C@@H](O[C@H]3O[C@H](CO)[C@@H](O)[C@H](O)[C@@H]3O)[C@H](O)[C@H]2NC(=O)OC(C)(C)C)[C@H]2OC3(CCCCC3)O[C@@H]2[C@H]2OC3(CCCCC3)O[C@H]21)OC(=O)CCCCCCCCCCCCCCC.